The molecule has 1 aliphatic rings. The number of nitrogens with one attached hydrogen (secondary N) is 1. The van der Waals surface area contributed by atoms with Crippen molar-refractivity contribution in [2.75, 3.05) is 13.1 Å². The highest BCUT2D eigenvalue weighted by atomic mass is 19.1. The smallest absolute Gasteiger partial charge is 0.123 e. The molecule has 0 bridgehead atoms. The molecule has 0 aliphatic carbocycles. The molecule has 0 atom stereocenters. The van der Waals surface area contributed by atoms with Crippen molar-refractivity contribution in [1.82, 2.24) is 5.32 Å². The third-order valence-electron chi connectivity index (χ3n) is 2.10. The van der Waals surface area contributed by atoms with Crippen LogP contribution in [0.1, 0.15) is 11.5 Å². The highest BCUT2D eigenvalue weighted by Gasteiger charge is 2.18. The Morgan fingerprint density at radius 1 is 1.36 bits per heavy atom. The molecule has 0 radical (unpaired) electrons. The summed E-state index contributed by atoms with van der Waals surface area (Å²) in [7, 11) is 0. The van der Waals surface area contributed by atoms with Crippen LogP contribution >= 0.6 is 0 Å². The van der Waals surface area contributed by atoms with Gasteiger partial charge in [0.05, 0.1) is 0 Å². The van der Waals surface area contributed by atoms with Crippen LogP contribution in [0.25, 0.3) is 0 Å². The van der Waals surface area contributed by atoms with E-state index in [0.717, 1.165) is 18.7 Å². The molecule has 0 unspecified atom stereocenters. The lowest BCUT2D eigenvalue weighted by Gasteiger charge is -2.27. The Morgan fingerprint density at radius 2 is 2.18 bits per heavy atom. The van der Waals surface area contributed by atoms with Crippen LogP contribution in [0.3, 0.4) is 0 Å². The van der Waals surface area contributed by atoms with E-state index >= 15 is 0 Å². The normalized spacial score (nSPS) is 17.9. The fourth-order valence-electron chi connectivity index (χ4n) is 1.28. The number of hydrogen-bond donors (Lipinski definition) is 1. The largest absolute Gasteiger partial charge is 0.315 e. The first-order chi connectivity index (χ1) is 5.36. The molecule has 0 spiro atoms. The Morgan fingerprint density at radius 3 is 2.73 bits per heavy atom. The van der Waals surface area contributed by atoms with Crippen LogP contribution in [0, 0.1) is 5.82 Å². The predicted molar refractivity (Wildman–Crippen MR) is 42.0 cm³/mol. The minimum atomic E-state index is -0.130. The number of rotatable bonds is 1. The maximum Gasteiger partial charge on any atom is 0.123 e. The van der Waals surface area contributed by atoms with Crippen molar-refractivity contribution in [1.29, 1.82) is 0 Å². The van der Waals surface area contributed by atoms with E-state index < -0.39 is 0 Å². The summed E-state index contributed by atoms with van der Waals surface area (Å²) in [4.78, 5) is 0. The van der Waals surface area contributed by atoms with Gasteiger partial charge in [-0.05, 0) is 17.7 Å². The molecule has 58 valence electrons. The molecule has 11 heavy (non-hydrogen) atoms. The van der Waals surface area contributed by atoms with Crippen molar-refractivity contribution in [3.05, 3.63) is 35.6 Å². The predicted octanol–water partition coefficient (Wildman–Crippen LogP) is 1.51. The maximum atomic E-state index is 12.7. The molecule has 1 aromatic rings. The van der Waals surface area contributed by atoms with Gasteiger partial charge in [0.1, 0.15) is 5.82 Å². The van der Waals surface area contributed by atoms with E-state index in [9.17, 15) is 4.39 Å². The van der Waals surface area contributed by atoms with Crippen LogP contribution in [0.4, 0.5) is 4.39 Å². The van der Waals surface area contributed by atoms with Crippen LogP contribution in [0.2, 0.25) is 0 Å². The molecular formula is C9H10FN. The SMILES string of the molecule is Fc1cccc(C2CNC2)c1. The summed E-state index contributed by atoms with van der Waals surface area (Å²) in [5.41, 5.74) is 1.11. The Kier molecular flexibility index (Phi) is 1.62. The van der Waals surface area contributed by atoms with Crippen molar-refractivity contribution in [2.45, 2.75) is 5.92 Å². The summed E-state index contributed by atoms with van der Waals surface area (Å²) in [6.45, 7) is 1.98. The molecule has 1 heterocycles. The van der Waals surface area contributed by atoms with Gasteiger partial charge < -0.3 is 5.32 Å². The highest BCUT2D eigenvalue weighted by molar-refractivity contribution is 5.23. The lowest BCUT2D eigenvalue weighted by Crippen LogP contribution is -2.39. The van der Waals surface area contributed by atoms with Gasteiger partial charge in [-0.15, -0.1) is 0 Å². The average Bonchev–Trinajstić information content (AvgIpc) is 1.83. The summed E-state index contributed by atoms with van der Waals surface area (Å²) in [5.74, 6) is 0.403. The van der Waals surface area contributed by atoms with Gasteiger partial charge in [-0.2, -0.15) is 0 Å². The summed E-state index contributed by atoms with van der Waals surface area (Å²) in [6.07, 6.45) is 0. The van der Waals surface area contributed by atoms with Crippen LogP contribution < -0.4 is 5.32 Å². The molecule has 1 fully saturated rings. The molecule has 1 nitrogen and oxygen atoms in total. The fraction of sp³-hybridized carbons (Fsp3) is 0.333. The van der Waals surface area contributed by atoms with E-state index in [4.69, 9.17) is 0 Å². The molecule has 1 saturated heterocycles. The standard InChI is InChI=1S/C9H10FN/c10-9-3-1-2-7(4-9)8-5-11-6-8/h1-4,8,11H,5-6H2. The van der Waals surface area contributed by atoms with Gasteiger partial charge in [0.15, 0.2) is 0 Å². The number of hydrogen-bond acceptors (Lipinski definition) is 1. The van der Waals surface area contributed by atoms with Crippen LogP contribution in [0.15, 0.2) is 24.3 Å². The lowest BCUT2D eigenvalue weighted by atomic mass is 9.94. The second-order valence-electron chi connectivity index (χ2n) is 2.91. The van der Waals surface area contributed by atoms with E-state index in [0.29, 0.717) is 5.92 Å². The Bertz CT molecular complexity index is 255. The number of halogens is 1. The quantitative estimate of drug-likeness (QED) is 0.641. The van der Waals surface area contributed by atoms with Gasteiger partial charge in [0.25, 0.3) is 0 Å². The van der Waals surface area contributed by atoms with Gasteiger partial charge in [-0.25, -0.2) is 4.39 Å². The van der Waals surface area contributed by atoms with E-state index in [1.54, 1.807) is 12.1 Å². The Balaban J connectivity index is 2.23. The van der Waals surface area contributed by atoms with Crippen molar-refractivity contribution in [3.8, 4) is 0 Å². The second kappa shape index (κ2) is 2.62. The molecule has 0 amide bonds. The zero-order valence-electron chi connectivity index (χ0n) is 6.18. The van der Waals surface area contributed by atoms with E-state index in [1.807, 2.05) is 6.07 Å². The summed E-state index contributed by atoms with van der Waals surface area (Å²) >= 11 is 0. The molecule has 0 aromatic heterocycles. The molecular weight excluding hydrogens is 141 g/mol. The minimum absolute atomic E-state index is 0.130. The Labute approximate surface area is 65.2 Å². The summed E-state index contributed by atoms with van der Waals surface area (Å²) in [6, 6.07) is 6.85. The molecule has 1 aliphatic heterocycles. The summed E-state index contributed by atoms with van der Waals surface area (Å²) in [5, 5.41) is 3.16. The zero-order chi connectivity index (χ0) is 7.68. The van der Waals surface area contributed by atoms with Crippen molar-refractivity contribution in [3.63, 3.8) is 0 Å². The molecule has 1 N–H and O–H groups in total. The van der Waals surface area contributed by atoms with Gasteiger partial charge in [-0.1, -0.05) is 12.1 Å². The fourth-order valence-corrected chi connectivity index (χ4v) is 1.28. The van der Waals surface area contributed by atoms with E-state index in [1.165, 1.54) is 6.07 Å². The van der Waals surface area contributed by atoms with Crippen molar-refractivity contribution >= 4 is 0 Å². The summed E-state index contributed by atoms with van der Waals surface area (Å²) < 4.78 is 12.7. The average molecular weight is 151 g/mol. The minimum Gasteiger partial charge on any atom is -0.315 e. The van der Waals surface area contributed by atoms with Gasteiger partial charge in [0.2, 0.25) is 0 Å². The first-order valence-corrected chi connectivity index (χ1v) is 3.82. The van der Waals surface area contributed by atoms with Crippen molar-refractivity contribution < 1.29 is 4.39 Å². The van der Waals surface area contributed by atoms with Crippen LogP contribution in [0.5, 0.6) is 0 Å². The van der Waals surface area contributed by atoms with E-state index in [-0.39, 0.29) is 5.82 Å². The first-order valence-electron chi connectivity index (χ1n) is 3.82. The Hall–Kier alpha value is -0.890. The zero-order valence-corrected chi connectivity index (χ0v) is 6.18. The lowest BCUT2D eigenvalue weighted by molar-refractivity contribution is 0.446. The monoisotopic (exact) mass is 151 g/mol. The van der Waals surface area contributed by atoms with Crippen LogP contribution in [-0.4, -0.2) is 13.1 Å². The van der Waals surface area contributed by atoms with Gasteiger partial charge in [-0.3, -0.25) is 0 Å². The maximum absolute atomic E-state index is 12.7. The topological polar surface area (TPSA) is 12.0 Å². The van der Waals surface area contributed by atoms with Gasteiger partial charge in [0, 0.05) is 19.0 Å². The number of benzene rings is 1. The van der Waals surface area contributed by atoms with Crippen molar-refractivity contribution in [2.24, 2.45) is 0 Å². The third kappa shape index (κ3) is 1.26. The van der Waals surface area contributed by atoms with Gasteiger partial charge >= 0.3 is 0 Å². The molecule has 2 heteroatoms. The molecule has 2 rings (SSSR count). The second-order valence-corrected chi connectivity index (χ2v) is 2.91. The first kappa shape index (κ1) is 6.80. The van der Waals surface area contributed by atoms with E-state index in [2.05, 4.69) is 5.32 Å². The molecule has 1 aromatic carbocycles. The highest BCUT2D eigenvalue weighted by Crippen LogP contribution is 2.19. The van der Waals surface area contributed by atoms with Crippen LogP contribution in [-0.2, 0) is 0 Å². The molecule has 0 saturated carbocycles. The third-order valence-corrected chi connectivity index (χ3v) is 2.10.